The summed E-state index contributed by atoms with van der Waals surface area (Å²) in [6.45, 7) is 0. The first kappa shape index (κ1) is 30.7. The summed E-state index contributed by atoms with van der Waals surface area (Å²) >= 11 is 3.59. The smallest absolute Gasteiger partial charge is 0.222 e. The van der Waals surface area contributed by atoms with Crippen molar-refractivity contribution in [3.05, 3.63) is 158 Å². The Morgan fingerprint density at radius 1 is 0.444 bits per heavy atom. The van der Waals surface area contributed by atoms with E-state index in [2.05, 4.69) is 125 Å². The van der Waals surface area contributed by atoms with Gasteiger partial charge in [-0.25, -0.2) is 15.0 Å². The average Bonchev–Trinajstić information content (AvgIpc) is 3.23. The molecule has 0 N–H and O–H groups in total. The largest absolute Gasteiger partial charge is 0.458 e. The van der Waals surface area contributed by atoms with E-state index in [1.165, 1.54) is 40.6 Å². The Morgan fingerprint density at radius 3 is 1.81 bits per heavy atom. The zero-order valence-corrected chi connectivity index (χ0v) is 32.1. The van der Waals surface area contributed by atoms with Crippen LogP contribution in [-0.4, -0.2) is 36.1 Å². The van der Waals surface area contributed by atoms with Gasteiger partial charge in [0.25, 0.3) is 0 Å². The summed E-state index contributed by atoms with van der Waals surface area (Å²) in [6.07, 6.45) is 7.21. The fraction of sp³-hybridized carbons (Fsp3) is 0. The third-order valence-electron chi connectivity index (χ3n) is 11.2. The molecule has 6 aromatic carbocycles. The molecule has 0 saturated heterocycles. The highest BCUT2D eigenvalue weighted by Gasteiger charge is 2.55. The molecule has 2 unspecified atom stereocenters. The van der Waals surface area contributed by atoms with Crippen LogP contribution in [0, 0.1) is 0 Å². The van der Waals surface area contributed by atoms with Gasteiger partial charge in [0, 0.05) is 38.5 Å². The Labute approximate surface area is 321 Å². The van der Waals surface area contributed by atoms with Crippen molar-refractivity contribution < 1.29 is 9.47 Å². The van der Waals surface area contributed by atoms with E-state index in [0.717, 1.165) is 49.1 Å². The summed E-state index contributed by atoms with van der Waals surface area (Å²) in [5.41, 5.74) is 2.24. The van der Waals surface area contributed by atoms with Crippen molar-refractivity contribution in [2.24, 2.45) is 0 Å². The molecule has 254 valence electrons. The van der Waals surface area contributed by atoms with E-state index >= 15 is 0 Å². The van der Waals surface area contributed by atoms with Crippen molar-refractivity contribution >= 4 is 81.3 Å². The predicted molar refractivity (Wildman–Crippen MR) is 219 cm³/mol. The minimum absolute atomic E-state index is 0.612. The highest BCUT2D eigenvalue weighted by Crippen LogP contribution is 2.41. The average molecular weight is 763 g/mol. The SMILES string of the molecule is c1ccc2c(c1)Oc1cc(-c3ccc4c(c3)Sc3ccccc3[Si]43c4ccccc4Sc4nccnc43)ccc1[Si]21c2ccccc2Oc2ncncc21. The van der Waals surface area contributed by atoms with Crippen molar-refractivity contribution in [2.45, 2.75) is 19.7 Å². The van der Waals surface area contributed by atoms with Crippen LogP contribution in [0.15, 0.2) is 178 Å². The van der Waals surface area contributed by atoms with Crippen LogP contribution >= 0.6 is 23.5 Å². The number of para-hydroxylation sites is 2. The summed E-state index contributed by atoms with van der Waals surface area (Å²) < 4.78 is 13.3. The standard InChI is InChI=1S/C44H26N4O2S2Si2/c1-5-13-35-29(9-1)49-31-23-27(17-19-37(31)53(35)36-14-6-2-10-30(36)50-42-41(53)25-45-26-48-42)28-18-20-40-34(24-28)51-32-11-3-7-15-38(32)54(40)39-16-8-4-12-33(39)52-43-44(54)47-22-21-46-43/h1-26H. The van der Waals surface area contributed by atoms with Crippen LogP contribution in [-0.2, 0) is 0 Å². The first-order valence-corrected chi connectivity index (χ1v) is 23.4. The van der Waals surface area contributed by atoms with Crippen molar-refractivity contribution in [3.8, 4) is 34.3 Å². The molecular weight excluding hydrogens is 737 g/mol. The Balaban J connectivity index is 1.07. The van der Waals surface area contributed by atoms with Gasteiger partial charge in [-0.15, -0.1) is 0 Å². The molecule has 0 amide bonds. The highest BCUT2D eigenvalue weighted by molar-refractivity contribution is 8.01. The second kappa shape index (κ2) is 11.4. The van der Waals surface area contributed by atoms with Crippen molar-refractivity contribution in [1.82, 2.24) is 19.9 Å². The summed E-state index contributed by atoms with van der Waals surface area (Å²) in [5, 5.41) is 10.8. The molecule has 2 aromatic heterocycles. The summed E-state index contributed by atoms with van der Waals surface area (Å²) in [5.74, 6) is 3.16. The quantitative estimate of drug-likeness (QED) is 0.221. The lowest BCUT2D eigenvalue weighted by Gasteiger charge is -2.42. The number of ether oxygens (including phenoxy) is 2. The summed E-state index contributed by atoms with van der Waals surface area (Å²) in [4.78, 5) is 23.1. The molecule has 4 aliphatic heterocycles. The third kappa shape index (κ3) is 3.97. The van der Waals surface area contributed by atoms with Crippen LogP contribution in [0.25, 0.3) is 11.1 Å². The van der Waals surface area contributed by atoms with Crippen molar-refractivity contribution in [3.63, 3.8) is 0 Å². The maximum Gasteiger partial charge on any atom is 0.222 e. The summed E-state index contributed by atoms with van der Waals surface area (Å²) in [6, 6.07) is 48.4. The number of aromatic nitrogens is 4. The minimum atomic E-state index is -2.92. The number of fused-ring (bicyclic) bond motifs is 16. The van der Waals surface area contributed by atoms with E-state index in [4.69, 9.17) is 19.4 Å². The van der Waals surface area contributed by atoms with Crippen molar-refractivity contribution in [2.75, 3.05) is 0 Å². The molecule has 0 bridgehead atoms. The van der Waals surface area contributed by atoms with Crippen LogP contribution in [0.5, 0.6) is 23.1 Å². The van der Waals surface area contributed by atoms with Crippen LogP contribution < -0.4 is 51.1 Å². The van der Waals surface area contributed by atoms with Gasteiger partial charge in [0.1, 0.15) is 28.6 Å². The number of hydrogen-bond acceptors (Lipinski definition) is 8. The van der Waals surface area contributed by atoms with Crippen LogP contribution in [0.1, 0.15) is 0 Å². The topological polar surface area (TPSA) is 70.0 Å². The number of rotatable bonds is 1. The van der Waals surface area contributed by atoms with Gasteiger partial charge in [0.2, 0.25) is 22.0 Å². The minimum Gasteiger partial charge on any atom is -0.458 e. The molecule has 0 aliphatic carbocycles. The van der Waals surface area contributed by atoms with E-state index in [0.29, 0.717) is 5.88 Å². The fourth-order valence-electron chi connectivity index (χ4n) is 9.10. The Bertz CT molecular complexity index is 2580. The van der Waals surface area contributed by atoms with E-state index in [-0.39, 0.29) is 0 Å². The predicted octanol–water partition coefficient (Wildman–Crippen LogP) is 4.83. The molecule has 0 saturated carbocycles. The lowest BCUT2D eigenvalue weighted by molar-refractivity contribution is 0.465. The molecular formula is C44H26N4O2S2Si2. The molecule has 2 atom stereocenters. The van der Waals surface area contributed by atoms with Gasteiger partial charge < -0.3 is 9.47 Å². The maximum atomic E-state index is 6.86. The van der Waals surface area contributed by atoms with Crippen LogP contribution in [0.3, 0.4) is 0 Å². The fourth-order valence-corrected chi connectivity index (χ4v) is 22.9. The highest BCUT2D eigenvalue weighted by atomic mass is 32.2. The Kier molecular flexibility index (Phi) is 6.45. The van der Waals surface area contributed by atoms with E-state index in [9.17, 15) is 0 Å². The second-order valence-corrected chi connectivity index (χ2v) is 23.1. The van der Waals surface area contributed by atoms with E-state index in [1.54, 1.807) is 18.1 Å². The molecule has 8 aromatic rings. The normalized spacial score (nSPS) is 19.0. The van der Waals surface area contributed by atoms with Gasteiger partial charge in [-0.2, -0.15) is 0 Å². The van der Waals surface area contributed by atoms with E-state index < -0.39 is 16.1 Å². The molecule has 0 radical (unpaired) electrons. The zero-order chi connectivity index (χ0) is 35.4. The zero-order valence-electron chi connectivity index (χ0n) is 28.4. The van der Waals surface area contributed by atoms with Gasteiger partial charge in [0.05, 0.1) is 5.32 Å². The molecule has 6 heterocycles. The van der Waals surface area contributed by atoms with Gasteiger partial charge in [-0.1, -0.05) is 121 Å². The van der Waals surface area contributed by atoms with Gasteiger partial charge in [-0.3, -0.25) is 4.98 Å². The van der Waals surface area contributed by atoms with Crippen LogP contribution in [0.4, 0.5) is 0 Å². The molecule has 12 rings (SSSR count). The third-order valence-corrected chi connectivity index (χ3v) is 23.8. The van der Waals surface area contributed by atoms with Crippen LogP contribution in [0.2, 0.25) is 0 Å². The molecule has 10 heteroatoms. The van der Waals surface area contributed by atoms with Crippen molar-refractivity contribution in [1.29, 1.82) is 0 Å². The number of nitrogens with zero attached hydrogens (tertiary/aromatic N) is 4. The Hall–Kier alpha value is -5.79. The van der Waals surface area contributed by atoms with E-state index in [1.807, 2.05) is 48.6 Å². The lowest BCUT2D eigenvalue weighted by atomic mass is 10.1. The first-order valence-electron chi connectivity index (χ1n) is 17.8. The second-order valence-electron chi connectivity index (χ2n) is 13.8. The monoisotopic (exact) mass is 762 g/mol. The maximum absolute atomic E-state index is 6.86. The Morgan fingerprint density at radius 2 is 1.04 bits per heavy atom. The van der Waals surface area contributed by atoms with Gasteiger partial charge >= 0.3 is 0 Å². The van der Waals surface area contributed by atoms with Gasteiger partial charge in [-0.05, 0) is 78.6 Å². The molecule has 4 aliphatic rings. The molecule has 6 nitrogen and oxygen atoms in total. The van der Waals surface area contributed by atoms with Gasteiger partial charge in [0.15, 0.2) is 0 Å². The number of hydrogen-bond donors (Lipinski definition) is 0. The summed E-state index contributed by atoms with van der Waals surface area (Å²) in [7, 11) is -5.71. The first-order chi connectivity index (χ1) is 26.7. The molecule has 0 fully saturated rings. The lowest BCUT2D eigenvalue weighted by Crippen LogP contribution is -2.78. The number of benzene rings is 6. The molecule has 2 spiro atoms. The molecule has 54 heavy (non-hydrogen) atoms.